The molecule has 0 bridgehead atoms. The lowest BCUT2D eigenvalue weighted by atomic mass is 10.0. The van der Waals surface area contributed by atoms with E-state index in [9.17, 15) is 4.39 Å². The molecule has 1 saturated heterocycles. The zero-order chi connectivity index (χ0) is 19.6. The van der Waals surface area contributed by atoms with E-state index in [1.54, 1.807) is 18.5 Å². The molecule has 1 aliphatic rings. The van der Waals surface area contributed by atoms with Crippen LogP contribution in [0.15, 0.2) is 73.1 Å². The number of nitrogens with zero attached hydrogens (tertiary/aromatic N) is 2. The highest BCUT2D eigenvalue weighted by Gasteiger charge is 2.22. The van der Waals surface area contributed by atoms with Crippen LogP contribution in [-0.2, 0) is 6.54 Å². The van der Waals surface area contributed by atoms with Gasteiger partial charge in [0.15, 0.2) is 11.6 Å². The van der Waals surface area contributed by atoms with Gasteiger partial charge in [0.05, 0.1) is 0 Å². The van der Waals surface area contributed by atoms with Crippen molar-refractivity contribution in [3.05, 3.63) is 84.4 Å². The fourth-order valence-electron chi connectivity index (χ4n) is 4.14. The van der Waals surface area contributed by atoms with Crippen molar-refractivity contribution in [1.29, 1.82) is 0 Å². The van der Waals surface area contributed by atoms with Gasteiger partial charge in [0.2, 0.25) is 0 Å². The molecule has 0 radical (unpaired) electrons. The molecule has 3 nitrogen and oxygen atoms in total. The van der Waals surface area contributed by atoms with Gasteiger partial charge in [-0.05, 0) is 58.8 Å². The van der Waals surface area contributed by atoms with Crippen molar-refractivity contribution in [2.75, 3.05) is 13.1 Å². The molecule has 2 heterocycles. The number of rotatable bonds is 4. The van der Waals surface area contributed by atoms with Gasteiger partial charge in [-0.1, -0.05) is 36.4 Å². The fourth-order valence-corrected chi connectivity index (χ4v) is 4.14. The van der Waals surface area contributed by atoms with Crippen molar-refractivity contribution in [2.45, 2.75) is 25.5 Å². The molecule has 0 atom stereocenters. The number of aromatic nitrogens is 1. The van der Waals surface area contributed by atoms with Crippen molar-refractivity contribution < 1.29 is 9.13 Å². The Morgan fingerprint density at radius 2 is 1.67 bits per heavy atom. The van der Waals surface area contributed by atoms with E-state index >= 15 is 0 Å². The second kappa shape index (κ2) is 8.99. The molecule has 0 unspecified atom stereocenters. The van der Waals surface area contributed by atoms with Crippen LogP contribution in [0.25, 0.3) is 21.5 Å². The standard InChI is InChI=1S/C25H23FN2O.ClH/c26-24-14-22-16-27-10-7-21(22)15-25(24)29-23-8-11-28(12-9-23)17-18-5-6-19-3-1-2-4-20(19)13-18;/h1-7,10,13-16,23H,8-9,11-12,17H2;1H. The Morgan fingerprint density at radius 1 is 0.900 bits per heavy atom. The Morgan fingerprint density at radius 3 is 2.50 bits per heavy atom. The molecule has 30 heavy (non-hydrogen) atoms. The van der Waals surface area contributed by atoms with Gasteiger partial charge in [-0.25, -0.2) is 4.39 Å². The maximum Gasteiger partial charge on any atom is 0.165 e. The molecule has 0 aliphatic carbocycles. The molecule has 0 spiro atoms. The van der Waals surface area contributed by atoms with Gasteiger partial charge in [0, 0.05) is 37.4 Å². The van der Waals surface area contributed by atoms with Gasteiger partial charge in [-0.15, -0.1) is 12.4 Å². The zero-order valence-electron chi connectivity index (χ0n) is 16.6. The van der Waals surface area contributed by atoms with Crippen molar-refractivity contribution in [2.24, 2.45) is 0 Å². The number of piperidine rings is 1. The Bertz CT molecular complexity index is 1160. The van der Waals surface area contributed by atoms with E-state index in [0.29, 0.717) is 5.75 Å². The third kappa shape index (κ3) is 4.40. The molecule has 0 amide bonds. The van der Waals surface area contributed by atoms with Gasteiger partial charge < -0.3 is 4.74 Å². The van der Waals surface area contributed by atoms with Crippen molar-refractivity contribution >= 4 is 34.0 Å². The van der Waals surface area contributed by atoms with E-state index in [4.69, 9.17) is 4.74 Å². The molecule has 154 valence electrons. The zero-order valence-corrected chi connectivity index (χ0v) is 17.4. The third-order valence-electron chi connectivity index (χ3n) is 5.74. The molecule has 5 rings (SSSR count). The third-order valence-corrected chi connectivity index (χ3v) is 5.74. The predicted octanol–water partition coefficient (Wildman–Crippen LogP) is 5.99. The lowest BCUT2D eigenvalue weighted by Crippen LogP contribution is -2.37. The number of hydrogen-bond donors (Lipinski definition) is 0. The van der Waals surface area contributed by atoms with Crippen LogP contribution in [0.2, 0.25) is 0 Å². The summed E-state index contributed by atoms with van der Waals surface area (Å²) in [6, 6.07) is 20.3. The van der Waals surface area contributed by atoms with E-state index in [0.717, 1.165) is 43.2 Å². The van der Waals surface area contributed by atoms with Crippen LogP contribution in [-0.4, -0.2) is 29.1 Å². The first-order valence-corrected chi connectivity index (χ1v) is 10.1. The highest BCUT2D eigenvalue weighted by molar-refractivity contribution is 5.85. The summed E-state index contributed by atoms with van der Waals surface area (Å²) in [5, 5.41) is 4.30. The number of hydrogen-bond acceptors (Lipinski definition) is 3. The van der Waals surface area contributed by atoms with Gasteiger partial charge >= 0.3 is 0 Å². The average molecular weight is 423 g/mol. The van der Waals surface area contributed by atoms with Gasteiger partial charge in [0.25, 0.3) is 0 Å². The number of likely N-dealkylation sites (tertiary alicyclic amines) is 1. The molecule has 1 aromatic heterocycles. The van der Waals surface area contributed by atoms with Crippen LogP contribution in [0.4, 0.5) is 4.39 Å². The normalized spacial score (nSPS) is 15.2. The number of benzene rings is 3. The predicted molar refractivity (Wildman–Crippen MR) is 122 cm³/mol. The molecule has 4 aromatic rings. The minimum Gasteiger partial charge on any atom is -0.487 e. The minimum absolute atomic E-state index is 0. The molecule has 0 saturated carbocycles. The van der Waals surface area contributed by atoms with Crippen LogP contribution >= 0.6 is 12.4 Å². The molecule has 3 aromatic carbocycles. The van der Waals surface area contributed by atoms with Crippen LogP contribution in [0.5, 0.6) is 5.75 Å². The Kier molecular flexibility index (Phi) is 6.16. The second-order valence-corrected chi connectivity index (χ2v) is 7.78. The summed E-state index contributed by atoms with van der Waals surface area (Å²) in [5.41, 5.74) is 1.33. The minimum atomic E-state index is -0.316. The Labute approximate surface area is 181 Å². The fraction of sp³-hybridized carbons (Fsp3) is 0.240. The van der Waals surface area contributed by atoms with Crippen LogP contribution in [0, 0.1) is 5.82 Å². The number of pyridine rings is 1. The summed E-state index contributed by atoms with van der Waals surface area (Å²) in [4.78, 5) is 6.50. The van der Waals surface area contributed by atoms with Crippen LogP contribution < -0.4 is 4.74 Å². The first kappa shape index (κ1) is 20.6. The quantitative estimate of drug-likeness (QED) is 0.403. The van der Waals surface area contributed by atoms with Crippen LogP contribution in [0.3, 0.4) is 0 Å². The topological polar surface area (TPSA) is 25.4 Å². The summed E-state index contributed by atoms with van der Waals surface area (Å²) in [7, 11) is 0. The van der Waals surface area contributed by atoms with E-state index in [1.807, 2.05) is 6.07 Å². The number of halogens is 2. The number of ether oxygens (including phenoxy) is 1. The average Bonchev–Trinajstić information content (AvgIpc) is 2.75. The highest BCUT2D eigenvalue weighted by Crippen LogP contribution is 2.27. The van der Waals surface area contributed by atoms with Crippen LogP contribution in [0.1, 0.15) is 18.4 Å². The molecular weight excluding hydrogens is 399 g/mol. The summed E-state index contributed by atoms with van der Waals surface area (Å²) in [6.45, 7) is 2.85. The first-order chi connectivity index (χ1) is 14.2. The largest absolute Gasteiger partial charge is 0.487 e. The lowest BCUT2D eigenvalue weighted by molar-refractivity contribution is 0.0937. The molecule has 0 N–H and O–H groups in total. The highest BCUT2D eigenvalue weighted by atomic mass is 35.5. The molecular formula is C25H24ClFN2O. The monoisotopic (exact) mass is 422 g/mol. The second-order valence-electron chi connectivity index (χ2n) is 7.78. The van der Waals surface area contributed by atoms with Gasteiger partial charge in [-0.2, -0.15) is 0 Å². The summed E-state index contributed by atoms with van der Waals surface area (Å²) < 4.78 is 20.4. The van der Waals surface area contributed by atoms with Crippen molar-refractivity contribution in [1.82, 2.24) is 9.88 Å². The Hall–Kier alpha value is -2.69. The van der Waals surface area contributed by atoms with E-state index < -0.39 is 0 Å². The SMILES string of the molecule is Cl.Fc1cc2cnccc2cc1OC1CCN(Cc2ccc3ccccc3c2)CC1. The van der Waals surface area contributed by atoms with Gasteiger partial charge in [0.1, 0.15) is 6.10 Å². The van der Waals surface area contributed by atoms with E-state index in [1.165, 1.54) is 22.4 Å². The smallest absolute Gasteiger partial charge is 0.165 e. The summed E-state index contributed by atoms with van der Waals surface area (Å²) >= 11 is 0. The summed E-state index contributed by atoms with van der Waals surface area (Å²) in [6.07, 6.45) is 5.25. The molecule has 5 heteroatoms. The van der Waals surface area contributed by atoms with Gasteiger partial charge in [-0.3, -0.25) is 9.88 Å². The van der Waals surface area contributed by atoms with E-state index in [2.05, 4.69) is 52.3 Å². The number of fused-ring (bicyclic) bond motifs is 2. The van der Waals surface area contributed by atoms with Crippen molar-refractivity contribution in [3.8, 4) is 5.75 Å². The maximum atomic E-state index is 14.4. The lowest BCUT2D eigenvalue weighted by Gasteiger charge is -2.32. The van der Waals surface area contributed by atoms with Crippen molar-refractivity contribution in [3.63, 3.8) is 0 Å². The molecule has 1 fully saturated rings. The maximum absolute atomic E-state index is 14.4. The Balaban J connectivity index is 0.00000218. The van der Waals surface area contributed by atoms with E-state index in [-0.39, 0.29) is 24.3 Å². The summed E-state index contributed by atoms with van der Waals surface area (Å²) in [5.74, 6) is 0.0285. The first-order valence-electron chi connectivity index (χ1n) is 10.1. The molecule has 1 aliphatic heterocycles.